The Bertz CT molecular complexity index is 1080. The van der Waals surface area contributed by atoms with Crippen molar-refractivity contribution in [3.8, 4) is 0 Å². The minimum absolute atomic E-state index is 0.151. The Balaban J connectivity index is 2.39. The monoisotopic (exact) mass is 558 g/mol. The van der Waals surface area contributed by atoms with E-state index in [4.69, 9.17) is 9.47 Å². The van der Waals surface area contributed by atoms with Gasteiger partial charge in [-0.3, -0.25) is 4.55 Å². The van der Waals surface area contributed by atoms with Crippen LogP contribution < -0.4 is 0 Å². The first kappa shape index (κ1) is 31.6. The number of rotatable bonds is 17. The molecule has 6 N–H and O–H groups in total. The molecule has 38 heavy (non-hydrogen) atoms. The van der Waals surface area contributed by atoms with Crippen LogP contribution in [0.25, 0.3) is 0 Å². The first-order valence-electron chi connectivity index (χ1n) is 11.3. The van der Waals surface area contributed by atoms with E-state index in [-0.39, 0.29) is 25.8 Å². The number of hydrogen-bond donors (Lipinski definition) is 6. The van der Waals surface area contributed by atoms with Gasteiger partial charge in [0.25, 0.3) is 0 Å². The molecule has 0 spiro atoms. The zero-order chi connectivity index (χ0) is 28.3. The predicted molar refractivity (Wildman–Crippen MR) is 129 cm³/mol. The molecule has 0 saturated carbocycles. The van der Waals surface area contributed by atoms with E-state index in [0.717, 1.165) is 0 Å². The Morgan fingerprint density at radius 2 is 1.16 bits per heavy atom. The average molecular weight is 559 g/mol. The molecule has 0 aliphatic carbocycles. The van der Waals surface area contributed by atoms with Crippen molar-refractivity contribution in [2.24, 2.45) is 0 Å². The lowest BCUT2D eigenvalue weighted by atomic mass is 9.93. The van der Waals surface area contributed by atoms with Crippen molar-refractivity contribution in [2.45, 2.75) is 62.0 Å². The van der Waals surface area contributed by atoms with E-state index in [1.807, 2.05) is 0 Å². The molecule has 210 valence electrons. The van der Waals surface area contributed by atoms with Gasteiger partial charge in [0.1, 0.15) is 48.8 Å². The van der Waals surface area contributed by atoms with Crippen LogP contribution in [0.15, 0.2) is 60.7 Å². The summed E-state index contributed by atoms with van der Waals surface area (Å²) in [6.45, 7) is -0.396. The van der Waals surface area contributed by atoms with Gasteiger partial charge < -0.3 is 44.6 Å². The van der Waals surface area contributed by atoms with E-state index < -0.39 is 59.2 Å². The number of carbonyl (C=O) groups is 2. The Morgan fingerprint density at radius 1 is 0.658 bits per heavy atom. The standard InChI is InChI=1S/C24H30O13S/c25-11-17(27)19(28)20(29)21(30)24(37-38(32,33)34)22(31)23(36-14-16-9-5-2-6-10-16)18(12-26)35-13-15-7-3-1-4-8-15/h1-12,17-24,27-31H,13-14H2,(H,32,33,34)/t17-,18+,19-,20+,21+,22+,23-,24-/m1/s1. The highest BCUT2D eigenvalue weighted by atomic mass is 32.3. The number of hydrogen-bond acceptors (Lipinski definition) is 12. The summed E-state index contributed by atoms with van der Waals surface area (Å²) in [6, 6.07) is 16.9. The molecule has 2 aromatic carbocycles. The molecule has 2 rings (SSSR count). The molecular formula is C24H30O13S. The quantitative estimate of drug-likeness (QED) is 0.0968. The summed E-state index contributed by atoms with van der Waals surface area (Å²) in [5, 5.41) is 51.2. The Morgan fingerprint density at radius 3 is 1.61 bits per heavy atom. The molecular weight excluding hydrogens is 528 g/mol. The SMILES string of the molecule is O=C[C@@H](O)[C@@H](O)[C@H](O)[C@H](O)[C@@H](OS(=O)(=O)O)[C@@H](O)[C@H](OCc1ccccc1)[C@H](C=O)OCc1ccccc1. The fraction of sp³-hybridized carbons (Fsp3) is 0.417. The van der Waals surface area contributed by atoms with Gasteiger partial charge in [0.05, 0.1) is 13.2 Å². The summed E-state index contributed by atoms with van der Waals surface area (Å²) in [4.78, 5) is 22.7. The van der Waals surface area contributed by atoms with Crippen LogP contribution in [0, 0.1) is 0 Å². The molecule has 0 fully saturated rings. The van der Waals surface area contributed by atoms with Crippen molar-refractivity contribution >= 4 is 23.0 Å². The molecule has 0 saturated heterocycles. The zero-order valence-electron chi connectivity index (χ0n) is 19.9. The number of benzene rings is 2. The van der Waals surface area contributed by atoms with Crippen molar-refractivity contribution in [3.05, 3.63) is 71.8 Å². The molecule has 2 aromatic rings. The molecule has 0 unspecified atom stereocenters. The average Bonchev–Trinajstić information content (AvgIpc) is 2.92. The summed E-state index contributed by atoms with van der Waals surface area (Å²) >= 11 is 0. The second-order valence-electron chi connectivity index (χ2n) is 8.24. The van der Waals surface area contributed by atoms with E-state index >= 15 is 0 Å². The summed E-state index contributed by atoms with van der Waals surface area (Å²) in [5.74, 6) is 0. The summed E-state index contributed by atoms with van der Waals surface area (Å²) < 4.78 is 47.9. The lowest BCUT2D eigenvalue weighted by Gasteiger charge is -2.36. The van der Waals surface area contributed by atoms with Gasteiger partial charge in [0, 0.05) is 0 Å². The summed E-state index contributed by atoms with van der Waals surface area (Å²) in [5.41, 5.74) is 1.19. The normalized spacial score (nSPS) is 18.4. The Hall–Kier alpha value is -2.63. The topological polar surface area (TPSA) is 217 Å². The highest BCUT2D eigenvalue weighted by Gasteiger charge is 2.46. The van der Waals surface area contributed by atoms with Gasteiger partial charge in [-0.1, -0.05) is 60.7 Å². The third-order valence-electron chi connectivity index (χ3n) is 5.46. The van der Waals surface area contributed by atoms with Crippen molar-refractivity contribution < 1.29 is 61.7 Å². The van der Waals surface area contributed by atoms with Gasteiger partial charge in [-0.25, -0.2) is 4.18 Å². The number of ether oxygens (including phenoxy) is 2. The minimum atomic E-state index is -5.42. The lowest BCUT2D eigenvalue weighted by molar-refractivity contribution is -0.188. The largest absolute Gasteiger partial charge is 0.397 e. The van der Waals surface area contributed by atoms with E-state index in [0.29, 0.717) is 11.1 Å². The summed E-state index contributed by atoms with van der Waals surface area (Å²) in [6.07, 6.45) is -17.6. The van der Waals surface area contributed by atoms with Crippen LogP contribution in [0.2, 0.25) is 0 Å². The van der Waals surface area contributed by atoms with Crippen molar-refractivity contribution in [1.29, 1.82) is 0 Å². The molecule has 8 atom stereocenters. The first-order valence-corrected chi connectivity index (χ1v) is 12.6. The lowest BCUT2D eigenvalue weighted by Crippen LogP contribution is -2.58. The number of aliphatic hydroxyl groups is 5. The third-order valence-corrected chi connectivity index (χ3v) is 5.93. The molecule has 0 amide bonds. The van der Waals surface area contributed by atoms with Gasteiger partial charge in [0.15, 0.2) is 12.6 Å². The van der Waals surface area contributed by atoms with Crippen molar-refractivity contribution in [2.75, 3.05) is 0 Å². The minimum Gasteiger partial charge on any atom is -0.387 e. The highest BCUT2D eigenvalue weighted by molar-refractivity contribution is 7.80. The van der Waals surface area contributed by atoms with Crippen LogP contribution in [0.3, 0.4) is 0 Å². The maximum Gasteiger partial charge on any atom is 0.397 e. The second kappa shape index (κ2) is 15.1. The fourth-order valence-electron chi connectivity index (χ4n) is 3.45. The third kappa shape index (κ3) is 9.59. The van der Waals surface area contributed by atoms with Crippen LogP contribution in [0.5, 0.6) is 0 Å². The molecule has 0 aliphatic rings. The number of aliphatic hydroxyl groups excluding tert-OH is 5. The molecule has 14 heteroatoms. The van der Waals surface area contributed by atoms with Gasteiger partial charge in [0.2, 0.25) is 0 Å². The summed E-state index contributed by atoms with van der Waals surface area (Å²) in [7, 11) is -5.42. The van der Waals surface area contributed by atoms with Crippen molar-refractivity contribution in [3.63, 3.8) is 0 Å². The number of carbonyl (C=O) groups excluding carboxylic acids is 2. The van der Waals surface area contributed by atoms with Crippen LogP contribution in [-0.4, -0.2) is 99.9 Å². The molecule has 13 nitrogen and oxygen atoms in total. The first-order chi connectivity index (χ1) is 18.0. The van der Waals surface area contributed by atoms with E-state index in [1.54, 1.807) is 60.7 Å². The van der Waals surface area contributed by atoms with Gasteiger partial charge in [-0.2, -0.15) is 8.42 Å². The molecule has 0 aliphatic heterocycles. The van der Waals surface area contributed by atoms with Crippen LogP contribution in [-0.2, 0) is 46.9 Å². The fourth-order valence-corrected chi connectivity index (χ4v) is 3.96. The smallest absolute Gasteiger partial charge is 0.387 e. The number of aldehydes is 2. The maximum atomic E-state index is 12.0. The Kier molecular flexibility index (Phi) is 12.5. The molecule has 0 bridgehead atoms. The predicted octanol–water partition coefficient (Wildman–Crippen LogP) is -1.45. The van der Waals surface area contributed by atoms with E-state index in [9.17, 15) is 48.1 Å². The van der Waals surface area contributed by atoms with Gasteiger partial charge >= 0.3 is 10.4 Å². The van der Waals surface area contributed by atoms with Crippen LogP contribution in [0.1, 0.15) is 11.1 Å². The van der Waals surface area contributed by atoms with E-state index in [2.05, 4.69) is 4.18 Å². The van der Waals surface area contributed by atoms with Crippen molar-refractivity contribution in [1.82, 2.24) is 0 Å². The second-order valence-corrected chi connectivity index (χ2v) is 9.28. The van der Waals surface area contributed by atoms with Crippen LogP contribution in [0.4, 0.5) is 0 Å². The van der Waals surface area contributed by atoms with Gasteiger partial charge in [-0.15, -0.1) is 0 Å². The molecule has 0 radical (unpaired) electrons. The maximum absolute atomic E-state index is 12.0. The molecule has 0 heterocycles. The zero-order valence-corrected chi connectivity index (χ0v) is 20.7. The van der Waals surface area contributed by atoms with Crippen LogP contribution >= 0.6 is 0 Å². The van der Waals surface area contributed by atoms with Gasteiger partial charge in [-0.05, 0) is 11.1 Å². The Labute approximate surface area is 218 Å². The van der Waals surface area contributed by atoms with E-state index in [1.165, 1.54) is 0 Å². The molecule has 0 aromatic heterocycles. The highest BCUT2D eigenvalue weighted by Crippen LogP contribution is 2.23.